The van der Waals surface area contributed by atoms with E-state index in [-0.39, 0.29) is 47.8 Å². The molecule has 32 heavy (non-hydrogen) atoms. The number of nitrogens with zero attached hydrogens (tertiary/aromatic N) is 3. The van der Waals surface area contributed by atoms with Crippen molar-refractivity contribution < 1.29 is 31.5 Å². The Morgan fingerprint density at radius 3 is 2.56 bits per heavy atom. The van der Waals surface area contributed by atoms with E-state index in [1.807, 2.05) is 11.8 Å². The van der Waals surface area contributed by atoms with Crippen LogP contribution in [0.15, 0.2) is 24.3 Å². The highest BCUT2D eigenvalue weighted by Crippen LogP contribution is 2.35. The topological polar surface area (TPSA) is 45.7 Å². The van der Waals surface area contributed by atoms with Gasteiger partial charge in [0.25, 0.3) is 0 Å². The Balaban J connectivity index is 1.42. The van der Waals surface area contributed by atoms with Gasteiger partial charge in [-0.2, -0.15) is 13.2 Å². The molecule has 0 unspecified atom stereocenters. The molecule has 3 heterocycles. The lowest BCUT2D eigenvalue weighted by Gasteiger charge is -2.33. The van der Waals surface area contributed by atoms with E-state index in [0.717, 1.165) is 18.2 Å². The molecular weight excluding hydrogens is 433 g/mol. The molecule has 0 saturated carbocycles. The maximum atomic E-state index is 13.7. The highest BCUT2D eigenvalue weighted by atomic mass is 19.4. The van der Waals surface area contributed by atoms with Crippen LogP contribution in [0.3, 0.4) is 0 Å². The molecule has 0 N–H and O–H groups in total. The molecule has 1 aromatic carbocycles. The first-order valence-electron chi connectivity index (χ1n) is 10.6. The molecule has 2 atom stereocenters. The maximum absolute atomic E-state index is 13.7. The van der Waals surface area contributed by atoms with Gasteiger partial charge in [0.05, 0.1) is 18.6 Å². The first-order valence-corrected chi connectivity index (χ1v) is 10.6. The second-order valence-electron chi connectivity index (χ2n) is 8.49. The summed E-state index contributed by atoms with van der Waals surface area (Å²) in [4.78, 5) is 19.6. The summed E-state index contributed by atoms with van der Waals surface area (Å²) in [6, 6.07) is 4.05. The van der Waals surface area contributed by atoms with Crippen LogP contribution in [0, 0.1) is 5.82 Å². The fourth-order valence-electron chi connectivity index (χ4n) is 4.37. The van der Waals surface area contributed by atoms with Crippen molar-refractivity contribution in [3.8, 4) is 5.75 Å². The molecule has 0 radical (unpaired) electrons. The number of carbonyl (C=O) groups excluding carboxylic acids is 1. The monoisotopic (exact) mass is 457 g/mol. The molecular formula is C22H24F5N3O2. The molecule has 1 amide bonds. The second-order valence-corrected chi connectivity index (χ2v) is 8.49. The van der Waals surface area contributed by atoms with E-state index in [2.05, 4.69) is 4.98 Å². The molecule has 10 heteroatoms. The number of amides is 1. The molecule has 2 saturated heterocycles. The standard InChI is InChI=1S/C22H24F5N3O2/c1-13-8-15(24)11-30(13)21(31)12-29-6-4-16(5-7-29)32-19-10-20(22(25,26)27)28-18-3-2-14(23)9-17(18)19/h2-3,9-10,13,15-16H,4-8,11-12H2,1H3/t13-,15+/m1/s1. The number of piperidine rings is 1. The molecule has 2 aromatic rings. The molecule has 2 aliphatic heterocycles. The molecule has 0 spiro atoms. The summed E-state index contributed by atoms with van der Waals surface area (Å²) in [5.41, 5.74) is -1.09. The zero-order valence-corrected chi connectivity index (χ0v) is 17.5. The van der Waals surface area contributed by atoms with Gasteiger partial charge in [-0.05, 0) is 38.0 Å². The lowest BCUT2D eigenvalue weighted by Crippen LogP contribution is -2.46. The number of pyridine rings is 1. The Bertz CT molecular complexity index is 991. The molecule has 0 aliphatic carbocycles. The molecule has 4 rings (SSSR count). The quantitative estimate of drug-likeness (QED) is 0.646. The van der Waals surface area contributed by atoms with E-state index in [4.69, 9.17) is 4.74 Å². The summed E-state index contributed by atoms with van der Waals surface area (Å²) in [5.74, 6) is -0.775. The van der Waals surface area contributed by atoms with Crippen LogP contribution in [-0.4, -0.2) is 65.2 Å². The van der Waals surface area contributed by atoms with Crippen molar-refractivity contribution in [3.63, 3.8) is 0 Å². The van der Waals surface area contributed by atoms with Gasteiger partial charge in [-0.1, -0.05) is 0 Å². The van der Waals surface area contributed by atoms with Crippen molar-refractivity contribution in [1.82, 2.24) is 14.8 Å². The largest absolute Gasteiger partial charge is 0.490 e. The minimum Gasteiger partial charge on any atom is -0.490 e. The summed E-state index contributed by atoms with van der Waals surface area (Å²) in [7, 11) is 0. The molecule has 2 fully saturated rings. The highest BCUT2D eigenvalue weighted by Gasteiger charge is 2.35. The highest BCUT2D eigenvalue weighted by molar-refractivity contribution is 5.85. The zero-order valence-electron chi connectivity index (χ0n) is 17.5. The Morgan fingerprint density at radius 2 is 1.94 bits per heavy atom. The van der Waals surface area contributed by atoms with Crippen LogP contribution in [0.5, 0.6) is 5.75 Å². The minimum absolute atomic E-state index is 0.00478. The van der Waals surface area contributed by atoms with Gasteiger partial charge >= 0.3 is 6.18 Å². The predicted molar refractivity (Wildman–Crippen MR) is 107 cm³/mol. The van der Waals surface area contributed by atoms with Gasteiger partial charge in [-0.15, -0.1) is 0 Å². The molecule has 2 aliphatic rings. The van der Waals surface area contributed by atoms with Gasteiger partial charge in [-0.3, -0.25) is 9.69 Å². The van der Waals surface area contributed by atoms with Gasteiger partial charge in [0, 0.05) is 37.0 Å². The van der Waals surface area contributed by atoms with Crippen LogP contribution in [0.1, 0.15) is 31.9 Å². The average molecular weight is 457 g/mol. The van der Waals surface area contributed by atoms with Crippen LogP contribution >= 0.6 is 0 Å². The average Bonchev–Trinajstić information content (AvgIpc) is 3.07. The van der Waals surface area contributed by atoms with E-state index in [1.165, 1.54) is 6.07 Å². The first-order chi connectivity index (χ1) is 15.1. The third-order valence-electron chi connectivity index (χ3n) is 6.05. The zero-order chi connectivity index (χ0) is 23.0. The van der Waals surface area contributed by atoms with Crippen molar-refractivity contribution in [2.24, 2.45) is 0 Å². The SMILES string of the molecule is C[C@@H]1C[C@H](F)CN1C(=O)CN1CCC(Oc2cc(C(F)(F)F)nc3ccc(F)cc23)CC1. The van der Waals surface area contributed by atoms with Crippen molar-refractivity contribution in [2.45, 2.75) is 50.7 Å². The van der Waals surface area contributed by atoms with E-state index in [1.54, 1.807) is 4.90 Å². The van der Waals surface area contributed by atoms with Crippen LogP contribution in [-0.2, 0) is 11.0 Å². The van der Waals surface area contributed by atoms with Crippen LogP contribution < -0.4 is 4.74 Å². The summed E-state index contributed by atoms with van der Waals surface area (Å²) in [6.45, 7) is 3.15. The number of alkyl halides is 4. The summed E-state index contributed by atoms with van der Waals surface area (Å²) >= 11 is 0. The van der Waals surface area contributed by atoms with E-state index in [0.29, 0.717) is 32.4 Å². The fraction of sp³-hybridized carbons (Fsp3) is 0.545. The first kappa shape index (κ1) is 22.7. The molecule has 1 aromatic heterocycles. The number of benzene rings is 1. The number of carbonyl (C=O) groups is 1. The predicted octanol–water partition coefficient (Wildman–Crippen LogP) is 4.19. The molecule has 5 nitrogen and oxygen atoms in total. The Hall–Kier alpha value is -2.49. The van der Waals surface area contributed by atoms with Gasteiger partial charge in [0.1, 0.15) is 29.5 Å². The van der Waals surface area contributed by atoms with Gasteiger partial charge < -0.3 is 9.64 Å². The smallest absolute Gasteiger partial charge is 0.433 e. The number of hydrogen-bond donors (Lipinski definition) is 0. The summed E-state index contributed by atoms with van der Waals surface area (Å²) in [6.07, 6.45) is -4.69. The summed E-state index contributed by atoms with van der Waals surface area (Å²) < 4.78 is 72.9. The van der Waals surface area contributed by atoms with Crippen molar-refractivity contribution >= 4 is 16.8 Å². The number of hydrogen-bond acceptors (Lipinski definition) is 4. The van der Waals surface area contributed by atoms with Crippen molar-refractivity contribution in [2.75, 3.05) is 26.2 Å². The number of ether oxygens (including phenoxy) is 1. The molecule has 174 valence electrons. The molecule has 0 bridgehead atoms. The maximum Gasteiger partial charge on any atom is 0.433 e. The van der Waals surface area contributed by atoms with Crippen LogP contribution in [0.25, 0.3) is 10.9 Å². The summed E-state index contributed by atoms with van der Waals surface area (Å²) in [5, 5.41) is 0.180. The Morgan fingerprint density at radius 1 is 1.22 bits per heavy atom. The fourth-order valence-corrected chi connectivity index (χ4v) is 4.37. The number of fused-ring (bicyclic) bond motifs is 1. The van der Waals surface area contributed by atoms with Crippen molar-refractivity contribution in [3.05, 3.63) is 35.8 Å². The second kappa shape index (κ2) is 8.80. The third-order valence-corrected chi connectivity index (χ3v) is 6.05. The number of aromatic nitrogens is 1. The van der Waals surface area contributed by atoms with Crippen LogP contribution in [0.2, 0.25) is 0 Å². The number of rotatable bonds is 4. The Kier molecular flexibility index (Phi) is 6.24. The van der Waals surface area contributed by atoms with Gasteiger partial charge in [0.2, 0.25) is 5.91 Å². The number of halogens is 5. The lowest BCUT2D eigenvalue weighted by atomic mass is 10.1. The lowest BCUT2D eigenvalue weighted by molar-refractivity contribution is -0.141. The number of likely N-dealkylation sites (tertiary alicyclic amines) is 2. The van der Waals surface area contributed by atoms with Crippen molar-refractivity contribution in [1.29, 1.82) is 0 Å². The third kappa shape index (κ3) is 4.95. The van der Waals surface area contributed by atoms with E-state index in [9.17, 15) is 26.7 Å². The Labute approximate surface area is 182 Å². The van der Waals surface area contributed by atoms with Crippen LogP contribution in [0.4, 0.5) is 22.0 Å². The van der Waals surface area contributed by atoms with Gasteiger partial charge in [0.15, 0.2) is 0 Å². The van der Waals surface area contributed by atoms with E-state index < -0.39 is 23.9 Å². The van der Waals surface area contributed by atoms with E-state index >= 15 is 0 Å². The van der Waals surface area contributed by atoms with Gasteiger partial charge in [-0.25, -0.2) is 13.8 Å². The minimum atomic E-state index is -4.66. The normalized spacial score (nSPS) is 23.1.